The van der Waals surface area contributed by atoms with E-state index in [9.17, 15) is 24.1 Å². The van der Waals surface area contributed by atoms with E-state index in [4.69, 9.17) is 5.11 Å². The summed E-state index contributed by atoms with van der Waals surface area (Å²) in [5.41, 5.74) is -1.01. The molecule has 1 aromatic rings. The number of hydrogen-bond donors (Lipinski definition) is 2. The first kappa shape index (κ1) is 16.5. The molecule has 1 atom stereocenters. The lowest BCUT2D eigenvalue weighted by Gasteiger charge is -2.12. The van der Waals surface area contributed by atoms with Crippen molar-refractivity contribution in [1.82, 2.24) is 5.32 Å². The van der Waals surface area contributed by atoms with E-state index in [1.807, 2.05) is 0 Å². The highest BCUT2D eigenvalue weighted by Gasteiger charge is 2.25. The monoisotopic (exact) mass is 300 g/mol. The van der Waals surface area contributed by atoms with E-state index in [-0.39, 0.29) is 5.56 Å². The Morgan fingerprint density at radius 1 is 1.52 bits per heavy atom. The number of halogens is 1. The summed E-state index contributed by atoms with van der Waals surface area (Å²) in [6.07, 6.45) is -1.30. The zero-order valence-corrected chi connectivity index (χ0v) is 11.3. The van der Waals surface area contributed by atoms with Gasteiger partial charge in [0.05, 0.1) is 11.5 Å². The summed E-state index contributed by atoms with van der Waals surface area (Å²) in [7, 11) is 1.14. The zero-order chi connectivity index (χ0) is 16.2. The number of amides is 1. The smallest absolute Gasteiger partial charge is 0.334 e. The Labute approximate surface area is 118 Å². The van der Waals surface area contributed by atoms with Crippen LogP contribution in [0.1, 0.15) is 15.9 Å². The molecule has 0 aliphatic carbocycles. The number of carboxylic acids is 1. The molecule has 2 N–H and O–H groups in total. The van der Waals surface area contributed by atoms with Crippen LogP contribution < -0.4 is 5.32 Å². The van der Waals surface area contributed by atoms with E-state index in [0.29, 0.717) is 0 Å². The van der Waals surface area contributed by atoms with Gasteiger partial charge in [0.1, 0.15) is 11.4 Å². The van der Waals surface area contributed by atoms with Crippen molar-refractivity contribution < 1.29 is 28.7 Å². The standard InChI is InChI=1S/C12H13FN2O6/c1-6-3-7(13)4-8(10(6)15(19)20)11(16)14-5-9(21-2)12(17)18/h3-4,9H,5H2,1-2H3,(H,14,16)(H,17,18). The minimum atomic E-state index is -1.30. The van der Waals surface area contributed by atoms with Gasteiger partial charge in [-0.1, -0.05) is 0 Å². The van der Waals surface area contributed by atoms with Crippen molar-refractivity contribution >= 4 is 17.6 Å². The van der Waals surface area contributed by atoms with Gasteiger partial charge in [0.15, 0.2) is 6.10 Å². The lowest BCUT2D eigenvalue weighted by atomic mass is 10.1. The second kappa shape index (κ2) is 6.75. The van der Waals surface area contributed by atoms with Crippen LogP contribution in [-0.4, -0.2) is 41.7 Å². The normalized spacial score (nSPS) is 11.8. The first-order valence-corrected chi connectivity index (χ1v) is 5.76. The van der Waals surface area contributed by atoms with E-state index >= 15 is 0 Å². The fraction of sp³-hybridized carbons (Fsp3) is 0.333. The van der Waals surface area contributed by atoms with Crippen molar-refractivity contribution in [2.24, 2.45) is 0 Å². The average Bonchev–Trinajstić information content (AvgIpc) is 2.37. The van der Waals surface area contributed by atoms with Crippen LogP contribution in [0, 0.1) is 22.9 Å². The SMILES string of the molecule is COC(CNC(=O)c1cc(F)cc(C)c1[N+](=O)[O-])C(=O)O. The number of nitrogens with zero attached hydrogens (tertiary/aromatic N) is 1. The average molecular weight is 300 g/mol. The van der Waals surface area contributed by atoms with Crippen molar-refractivity contribution in [1.29, 1.82) is 0 Å². The molecule has 0 radical (unpaired) electrons. The minimum Gasteiger partial charge on any atom is -0.479 e. The molecule has 1 rings (SSSR count). The van der Waals surface area contributed by atoms with Gasteiger partial charge < -0.3 is 15.2 Å². The van der Waals surface area contributed by atoms with Gasteiger partial charge in [-0.25, -0.2) is 9.18 Å². The second-order valence-corrected chi connectivity index (χ2v) is 4.15. The number of aryl methyl sites for hydroxylation is 1. The number of rotatable bonds is 6. The van der Waals surface area contributed by atoms with Gasteiger partial charge in [-0.15, -0.1) is 0 Å². The number of carbonyl (C=O) groups is 2. The number of ether oxygens (including phenoxy) is 1. The third-order valence-electron chi connectivity index (χ3n) is 2.70. The van der Waals surface area contributed by atoms with E-state index in [1.54, 1.807) is 0 Å². The van der Waals surface area contributed by atoms with Crippen LogP contribution in [0.5, 0.6) is 0 Å². The van der Waals surface area contributed by atoms with Gasteiger partial charge >= 0.3 is 5.97 Å². The molecule has 0 bridgehead atoms. The number of nitro groups is 1. The first-order valence-electron chi connectivity index (χ1n) is 5.76. The Kier molecular flexibility index (Phi) is 5.30. The molecule has 0 fully saturated rings. The summed E-state index contributed by atoms with van der Waals surface area (Å²) < 4.78 is 17.9. The molecule has 0 aliphatic heterocycles. The zero-order valence-electron chi connectivity index (χ0n) is 11.3. The van der Waals surface area contributed by atoms with Gasteiger partial charge in [-0.2, -0.15) is 0 Å². The van der Waals surface area contributed by atoms with Crippen molar-refractivity contribution in [2.75, 3.05) is 13.7 Å². The third kappa shape index (κ3) is 3.96. The molecule has 21 heavy (non-hydrogen) atoms. The number of benzene rings is 1. The molecule has 1 unspecified atom stereocenters. The Balaban J connectivity index is 3.02. The number of methoxy groups -OCH3 is 1. The molecule has 0 aromatic heterocycles. The van der Waals surface area contributed by atoms with E-state index < -0.39 is 46.5 Å². The van der Waals surface area contributed by atoms with Crippen LogP contribution in [0.2, 0.25) is 0 Å². The maximum atomic E-state index is 13.3. The summed E-state index contributed by atoms with van der Waals surface area (Å²) >= 11 is 0. The predicted octanol–water partition coefficient (Wildman–Crippen LogP) is 0.872. The molecular weight excluding hydrogens is 287 g/mol. The highest BCUT2D eigenvalue weighted by Crippen LogP contribution is 2.24. The van der Waals surface area contributed by atoms with Crippen LogP contribution in [0.15, 0.2) is 12.1 Å². The number of hydrogen-bond acceptors (Lipinski definition) is 5. The Bertz CT molecular complexity index is 589. The molecular formula is C12H13FN2O6. The summed E-state index contributed by atoms with van der Waals surface area (Å²) in [6.45, 7) is 0.893. The first-order chi connectivity index (χ1) is 9.77. The molecule has 0 heterocycles. The van der Waals surface area contributed by atoms with E-state index in [2.05, 4.69) is 10.1 Å². The molecule has 0 saturated heterocycles. The van der Waals surface area contributed by atoms with Gasteiger partial charge in [0.25, 0.3) is 11.6 Å². The Morgan fingerprint density at radius 2 is 2.14 bits per heavy atom. The molecule has 8 nitrogen and oxygen atoms in total. The van der Waals surface area contributed by atoms with Gasteiger partial charge in [-0.3, -0.25) is 14.9 Å². The summed E-state index contributed by atoms with van der Waals surface area (Å²) in [6, 6.07) is 1.66. The van der Waals surface area contributed by atoms with Crippen molar-refractivity contribution in [3.8, 4) is 0 Å². The topological polar surface area (TPSA) is 119 Å². The van der Waals surface area contributed by atoms with Crippen molar-refractivity contribution in [3.05, 3.63) is 39.2 Å². The van der Waals surface area contributed by atoms with E-state index in [1.165, 1.54) is 6.92 Å². The molecule has 114 valence electrons. The van der Waals surface area contributed by atoms with Crippen LogP contribution in [0.25, 0.3) is 0 Å². The second-order valence-electron chi connectivity index (χ2n) is 4.15. The molecule has 0 aliphatic rings. The largest absolute Gasteiger partial charge is 0.479 e. The Morgan fingerprint density at radius 3 is 2.62 bits per heavy atom. The number of carboxylic acid groups (broad SMARTS) is 1. The maximum Gasteiger partial charge on any atom is 0.334 e. The lowest BCUT2D eigenvalue weighted by molar-refractivity contribution is -0.385. The maximum absolute atomic E-state index is 13.3. The summed E-state index contributed by atoms with van der Waals surface area (Å²) in [5, 5.41) is 21.9. The molecule has 9 heteroatoms. The van der Waals surface area contributed by atoms with Crippen LogP contribution in [0.3, 0.4) is 0 Å². The number of aliphatic carboxylic acids is 1. The van der Waals surface area contributed by atoms with Crippen molar-refractivity contribution in [2.45, 2.75) is 13.0 Å². The molecule has 0 saturated carbocycles. The quantitative estimate of drug-likeness (QED) is 0.594. The van der Waals surface area contributed by atoms with E-state index in [0.717, 1.165) is 19.2 Å². The molecule has 1 aromatic carbocycles. The molecule has 0 spiro atoms. The highest BCUT2D eigenvalue weighted by atomic mass is 19.1. The van der Waals surface area contributed by atoms with Crippen LogP contribution in [-0.2, 0) is 9.53 Å². The Hall–Kier alpha value is -2.55. The number of nitrogens with one attached hydrogen (secondary N) is 1. The number of carbonyl (C=O) groups excluding carboxylic acids is 1. The minimum absolute atomic E-state index is 0.00771. The number of nitro benzene ring substituents is 1. The van der Waals surface area contributed by atoms with Crippen LogP contribution >= 0.6 is 0 Å². The summed E-state index contributed by atoms with van der Waals surface area (Å²) in [4.78, 5) is 32.8. The van der Waals surface area contributed by atoms with Gasteiger partial charge in [0, 0.05) is 12.7 Å². The van der Waals surface area contributed by atoms with Gasteiger partial charge in [0.2, 0.25) is 0 Å². The fourth-order valence-corrected chi connectivity index (χ4v) is 1.70. The van der Waals surface area contributed by atoms with Gasteiger partial charge in [-0.05, 0) is 19.1 Å². The summed E-state index contributed by atoms with van der Waals surface area (Å²) in [5.74, 6) is -3.06. The third-order valence-corrected chi connectivity index (χ3v) is 2.70. The van der Waals surface area contributed by atoms with Crippen molar-refractivity contribution in [3.63, 3.8) is 0 Å². The lowest BCUT2D eigenvalue weighted by Crippen LogP contribution is -2.38. The highest BCUT2D eigenvalue weighted by molar-refractivity contribution is 5.98. The predicted molar refractivity (Wildman–Crippen MR) is 68.6 cm³/mol. The fourth-order valence-electron chi connectivity index (χ4n) is 1.70. The van der Waals surface area contributed by atoms with Crippen LogP contribution in [0.4, 0.5) is 10.1 Å². The molecule has 1 amide bonds.